The van der Waals surface area contributed by atoms with Gasteiger partial charge in [0.1, 0.15) is 0 Å². The van der Waals surface area contributed by atoms with E-state index in [4.69, 9.17) is 0 Å². The summed E-state index contributed by atoms with van der Waals surface area (Å²) in [7, 11) is 0. The van der Waals surface area contributed by atoms with Gasteiger partial charge in [-0.2, -0.15) is 0 Å². The van der Waals surface area contributed by atoms with E-state index in [-0.39, 0.29) is 0 Å². The van der Waals surface area contributed by atoms with E-state index in [9.17, 15) is 0 Å². The summed E-state index contributed by atoms with van der Waals surface area (Å²) < 4.78 is 0. The van der Waals surface area contributed by atoms with Gasteiger partial charge in [-0.1, -0.05) is 86.5 Å². The van der Waals surface area contributed by atoms with Crippen LogP contribution in [0.1, 0.15) is 92.9 Å². The molecule has 0 fully saturated rings. The number of hydrogen-bond donors (Lipinski definition) is 0. The van der Waals surface area contributed by atoms with Crippen molar-refractivity contribution in [3.8, 4) is 0 Å². The molecule has 0 heterocycles. The molecule has 0 aromatic heterocycles. The van der Waals surface area contributed by atoms with Crippen LogP contribution in [0.25, 0.3) is 0 Å². The Labute approximate surface area is 105 Å². The maximum absolute atomic E-state index is 2.36. The van der Waals surface area contributed by atoms with Crippen molar-refractivity contribution in [3.05, 3.63) is 0 Å². The van der Waals surface area contributed by atoms with Gasteiger partial charge in [-0.05, 0) is 18.3 Å². The van der Waals surface area contributed by atoms with Gasteiger partial charge in [0.05, 0.1) is 0 Å². The molecule has 0 aliphatic rings. The smallest absolute Gasteiger partial charge is 0.0412 e. The molecular weight excluding hydrogens is 192 g/mol. The summed E-state index contributed by atoms with van der Waals surface area (Å²) in [6.07, 6.45) is 11.3. The Morgan fingerprint density at radius 1 is 0.625 bits per heavy atom. The van der Waals surface area contributed by atoms with Crippen LogP contribution in [0, 0.1) is 11.8 Å². The van der Waals surface area contributed by atoms with Gasteiger partial charge in [0, 0.05) is 0 Å². The molecule has 0 rings (SSSR count). The van der Waals surface area contributed by atoms with Gasteiger partial charge in [0.25, 0.3) is 0 Å². The minimum absolute atomic E-state index is 1.00. The van der Waals surface area contributed by atoms with E-state index in [2.05, 4.69) is 27.7 Å². The molecule has 0 radical (unpaired) electrons. The summed E-state index contributed by atoms with van der Waals surface area (Å²) in [6.45, 7) is 13.3. The highest BCUT2D eigenvalue weighted by molar-refractivity contribution is 4.65. The van der Waals surface area contributed by atoms with Crippen molar-refractivity contribution < 1.29 is 0 Å². The SMILES string of the molecule is CC.CCCC(CC)CC(CCC)CCC. The molecule has 0 aliphatic heterocycles. The highest BCUT2D eigenvalue weighted by atomic mass is 14.2. The molecule has 0 spiro atoms. The Balaban J connectivity index is 0. The van der Waals surface area contributed by atoms with Gasteiger partial charge in [-0.15, -0.1) is 0 Å². The van der Waals surface area contributed by atoms with Crippen molar-refractivity contribution in [1.29, 1.82) is 0 Å². The molecule has 0 nitrogen and oxygen atoms in total. The zero-order chi connectivity index (χ0) is 12.8. The maximum atomic E-state index is 2.36. The van der Waals surface area contributed by atoms with Crippen molar-refractivity contribution >= 4 is 0 Å². The summed E-state index contributed by atoms with van der Waals surface area (Å²) in [6, 6.07) is 0. The minimum Gasteiger partial charge on any atom is -0.0683 e. The third-order valence-corrected chi connectivity index (χ3v) is 3.33. The van der Waals surface area contributed by atoms with Crippen LogP contribution in [0.5, 0.6) is 0 Å². The highest BCUT2D eigenvalue weighted by Crippen LogP contribution is 2.26. The van der Waals surface area contributed by atoms with Crippen molar-refractivity contribution in [3.63, 3.8) is 0 Å². The van der Waals surface area contributed by atoms with Crippen LogP contribution in [-0.4, -0.2) is 0 Å². The third kappa shape index (κ3) is 10.5. The van der Waals surface area contributed by atoms with Gasteiger partial charge in [-0.3, -0.25) is 0 Å². The predicted octanol–water partition coefficient (Wildman–Crippen LogP) is 6.45. The monoisotopic (exact) mass is 228 g/mol. The Bertz CT molecular complexity index is 101. The topological polar surface area (TPSA) is 0 Å². The van der Waals surface area contributed by atoms with E-state index in [0.717, 1.165) is 11.8 Å². The van der Waals surface area contributed by atoms with Crippen LogP contribution < -0.4 is 0 Å². The Hall–Kier alpha value is 0. The molecule has 16 heavy (non-hydrogen) atoms. The normalized spacial score (nSPS) is 12.2. The fourth-order valence-corrected chi connectivity index (χ4v) is 2.56. The fraction of sp³-hybridized carbons (Fsp3) is 1.00. The molecule has 1 atom stereocenters. The first-order chi connectivity index (χ1) is 7.78. The van der Waals surface area contributed by atoms with Crippen LogP contribution in [0.2, 0.25) is 0 Å². The van der Waals surface area contributed by atoms with E-state index in [1.165, 1.54) is 51.4 Å². The second kappa shape index (κ2) is 15.0. The highest BCUT2D eigenvalue weighted by Gasteiger charge is 2.13. The molecule has 0 saturated carbocycles. The Morgan fingerprint density at radius 3 is 1.31 bits per heavy atom. The molecule has 100 valence electrons. The second-order valence-electron chi connectivity index (χ2n) is 4.74. The molecule has 1 unspecified atom stereocenters. The van der Waals surface area contributed by atoms with Crippen molar-refractivity contribution in [2.45, 2.75) is 92.9 Å². The van der Waals surface area contributed by atoms with Crippen molar-refractivity contribution in [2.75, 3.05) is 0 Å². The predicted molar refractivity (Wildman–Crippen MR) is 78.0 cm³/mol. The first kappa shape index (κ1) is 18.4. The van der Waals surface area contributed by atoms with E-state index in [1.54, 1.807) is 0 Å². The Morgan fingerprint density at radius 2 is 1.00 bits per heavy atom. The second-order valence-corrected chi connectivity index (χ2v) is 4.74. The van der Waals surface area contributed by atoms with Crippen LogP contribution >= 0.6 is 0 Å². The van der Waals surface area contributed by atoms with Gasteiger partial charge in [0.2, 0.25) is 0 Å². The quantitative estimate of drug-likeness (QED) is 0.425. The summed E-state index contributed by atoms with van der Waals surface area (Å²) in [5.74, 6) is 2.02. The average Bonchev–Trinajstić information content (AvgIpc) is 2.31. The largest absolute Gasteiger partial charge is 0.0683 e. The molecule has 0 aliphatic carbocycles. The molecule has 0 aromatic rings. The number of hydrogen-bond acceptors (Lipinski definition) is 0. The molecule has 0 saturated heterocycles. The maximum Gasteiger partial charge on any atom is -0.0412 e. The Kier molecular flexibility index (Phi) is 17.2. The zero-order valence-corrected chi connectivity index (χ0v) is 12.8. The number of rotatable bonds is 9. The van der Waals surface area contributed by atoms with Gasteiger partial charge < -0.3 is 0 Å². The van der Waals surface area contributed by atoms with Crippen molar-refractivity contribution in [2.24, 2.45) is 11.8 Å². The molecule has 0 bridgehead atoms. The average molecular weight is 228 g/mol. The molecule has 0 amide bonds. The molecule has 0 N–H and O–H groups in total. The van der Waals surface area contributed by atoms with Crippen LogP contribution in [0.3, 0.4) is 0 Å². The van der Waals surface area contributed by atoms with Gasteiger partial charge >= 0.3 is 0 Å². The lowest BCUT2D eigenvalue weighted by atomic mass is 9.85. The lowest BCUT2D eigenvalue weighted by Crippen LogP contribution is -2.08. The van der Waals surface area contributed by atoms with E-state index < -0.39 is 0 Å². The summed E-state index contributed by atoms with van der Waals surface area (Å²) in [5, 5.41) is 0. The van der Waals surface area contributed by atoms with Gasteiger partial charge in [0.15, 0.2) is 0 Å². The lowest BCUT2D eigenvalue weighted by Gasteiger charge is -2.21. The van der Waals surface area contributed by atoms with E-state index in [1.807, 2.05) is 13.8 Å². The third-order valence-electron chi connectivity index (χ3n) is 3.33. The summed E-state index contributed by atoms with van der Waals surface area (Å²) in [4.78, 5) is 0. The van der Waals surface area contributed by atoms with Crippen molar-refractivity contribution in [1.82, 2.24) is 0 Å². The van der Waals surface area contributed by atoms with Crippen LogP contribution in [0.15, 0.2) is 0 Å². The molecule has 0 heteroatoms. The molecular formula is C16H36. The van der Waals surface area contributed by atoms with Crippen LogP contribution in [-0.2, 0) is 0 Å². The zero-order valence-electron chi connectivity index (χ0n) is 12.8. The first-order valence-electron chi connectivity index (χ1n) is 7.78. The summed E-state index contributed by atoms with van der Waals surface area (Å²) >= 11 is 0. The molecule has 0 aromatic carbocycles. The lowest BCUT2D eigenvalue weighted by molar-refractivity contribution is 0.309. The van der Waals surface area contributed by atoms with E-state index >= 15 is 0 Å². The van der Waals surface area contributed by atoms with Crippen LogP contribution in [0.4, 0.5) is 0 Å². The standard InChI is InChI=1S/C14H30.C2H6/c1-5-9-13(8-4)12-14(10-6-2)11-7-3;1-2/h13-14H,5-12H2,1-4H3;1-2H3. The van der Waals surface area contributed by atoms with Gasteiger partial charge in [-0.25, -0.2) is 0 Å². The van der Waals surface area contributed by atoms with E-state index in [0.29, 0.717) is 0 Å². The first-order valence-corrected chi connectivity index (χ1v) is 7.78. The minimum atomic E-state index is 1.00. The fourth-order valence-electron chi connectivity index (χ4n) is 2.56. The summed E-state index contributed by atoms with van der Waals surface area (Å²) in [5.41, 5.74) is 0.